The Bertz CT molecular complexity index is 643. The molecule has 0 unspecified atom stereocenters. The average Bonchev–Trinajstić information content (AvgIpc) is 2.48. The van der Waals surface area contributed by atoms with Crippen LogP contribution in [0.5, 0.6) is 11.5 Å². The number of benzene rings is 1. The first-order valence-corrected chi connectivity index (χ1v) is 7.34. The van der Waals surface area contributed by atoms with Crippen molar-refractivity contribution in [2.75, 3.05) is 13.7 Å². The number of thiocarbonyl (C=S) groups is 1. The molecule has 0 radical (unpaired) electrons. The number of nitrogens with one attached hydrogen (secondary N) is 3. The van der Waals surface area contributed by atoms with E-state index in [1.807, 2.05) is 6.92 Å². The van der Waals surface area contributed by atoms with Gasteiger partial charge in [-0.25, -0.2) is 0 Å². The molecule has 1 aliphatic heterocycles. The maximum Gasteiger partial charge on any atom is 0.251 e. The Morgan fingerprint density at radius 2 is 2.23 bits per heavy atom. The lowest BCUT2D eigenvalue weighted by molar-refractivity contribution is -0.117. The molecule has 1 aliphatic rings. The lowest BCUT2D eigenvalue weighted by Crippen LogP contribution is -2.46. The fraction of sp³-hybridized carbons (Fsp3) is 0.333. The van der Waals surface area contributed by atoms with E-state index in [2.05, 4.69) is 16.0 Å². The number of carbonyl (C=O) groups excluding carboxylic acids is 1. The van der Waals surface area contributed by atoms with Crippen LogP contribution in [-0.4, -0.2) is 29.8 Å². The molecule has 118 valence electrons. The first kappa shape index (κ1) is 16.1. The number of hydrogen-bond acceptors (Lipinski definition) is 4. The zero-order valence-electron chi connectivity index (χ0n) is 12.7. The van der Waals surface area contributed by atoms with Crippen molar-refractivity contribution in [3.05, 3.63) is 35.0 Å². The summed E-state index contributed by atoms with van der Waals surface area (Å²) in [6.45, 7) is 4.07. The number of hydrogen-bond donors (Lipinski definition) is 4. The van der Waals surface area contributed by atoms with Gasteiger partial charge in [0.2, 0.25) is 0 Å². The molecule has 4 N–H and O–H groups in total. The fourth-order valence-corrected chi connectivity index (χ4v) is 2.63. The number of allylic oxidation sites excluding steroid dienone is 1. The summed E-state index contributed by atoms with van der Waals surface area (Å²) in [4.78, 5) is 12.2. The monoisotopic (exact) mass is 321 g/mol. The summed E-state index contributed by atoms with van der Waals surface area (Å²) in [5.74, 6) is 0.237. The molecule has 0 fully saturated rings. The number of likely N-dealkylation sites (N-methyl/N-ethyl adjacent to an activating group) is 1. The van der Waals surface area contributed by atoms with Gasteiger partial charge in [0.25, 0.3) is 5.91 Å². The second kappa shape index (κ2) is 6.65. The van der Waals surface area contributed by atoms with Gasteiger partial charge in [0, 0.05) is 12.7 Å². The van der Waals surface area contributed by atoms with Gasteiger partial charge in [-0.15, -0.1) is 0 Å². The van der Waals surface area contributed by atoms with E-state index in [4.69, 9.17) is 17.0 Å². The molecule has 1 aromatic rings. The van der Waals surface area contributed by atoms with Gasteiger partial charge in [-0.2, -0.15) is 0 Å². The van der Waals surface area contributed by atoms with Crippen LogP contribution in [0.4, 0.5) is 0 Å². The highest BCUT2D eigenvalue weighted by molar-refractivity contribution is 7.80. The summed E-state index contributed by atoms with van der Waals surface area (Å²) in [6.07, 6.45) is 0. The van der Waals surface area contributed by atoms with Crippen LogP contribution in [-0.2, 0) is 4.79 Å². The largest absolute Gasteiger partial charge is 0.504 e. The number of rotatable bonds is 4. The van der Waals surface area contributed by atoms with E-state index in [1.165, 1.54) is 0 Å². The smallest absolute Gasteiger partial charge is 0.251 e. The van der Waals surface area contributed by atoms with Gasteiger partial charge in [0.15, 0.2) is 16.6 Å². The number of phenols is 1. The summed E-state index contributed by atoms with van der Waals surface area (Å²) >= 11 is 5.18. The number of carbonyl (C=O) groups is 1. The van der Waals surface area contributed by atoms with Gasteiger partial charge in [-0.3, -0.25) is 4.79 Å². The van der Waals surface area contributed by atoms with Crippen molar-refractivity contribution >= 4 is 23.2 Å². The third-order valence-electron chi connectivity index (χ3n) is 3.36. The maximum atomic E-state index is 12.2. The molecule has 0 saturated carbocycles. The Morgan fingerprint density at radius 1 is 1.50 bits per heavy atom. The third-order valence-corrected chi connectivity index (χ3v) is 3.58. The molecule has 0 spiro atoms. The molecule has 0 bridgehead atoms. The molecule has 6 nitrogen and oxygen atoms in total. The van der Waals surface area contributed by atoms with Gasteiger partial charge < -0.3 is 25.8 Å². The first-order chi connectivity index (χ1) is 10.5. The van der Waals surface area contributed by atoms with E-state index < -0.39 is 6.04 Å². The van der Waals surface area contributed by atoms with E-state index in [0.29, 0.717) is 28.7 Å². The predicted octanol–water partition coefficient (Wildman–Crippen LogP) is 1.33. The summed E-state index contributed by atoms with van der Waals surface area (Å²) < 4.78 is 5.40. The SMILES string of the molecule is CCOc1cc([C@H]2NC(=S)NC(C)=C2C(=O)NC)ccc1O. The highest BCUT2D eigenvalue weighted by Gasteiger charge is 2.29. The van der Waals surface area contributed by atoms with E-state index >= 15 is 0 Å². The molecule has 0 aliphatic carbocycles. The van der Waals surface area contributed by atoms with Gasteiger partial charge in [-0.1, -0.05) is 6.07 Å². The number of ether oxygens (including phenoxy) is 1. The van der Waals surface area contributed by atoms with E-state index in [9.17, 15) is 9.90 Å². The number of phenolic OH excluding ortho intramolecular Hbond substituents is 1. The lowest BCUT2D eigenvalue weighted by Gasteiger charge is -2.30. The summed E-state index contributed by atoms with van der Waals surface area (Å²) in [5.41, 5.74) is 2.02. The van der Waals surface area contributed by atoms with Crippen molar-refractivity contribution in [1.29, 1.82) is 0 Å². The quantitative estimate of drug-likeness (QED) is 0.626. The minimum absolute atomic E-state index is 0.0595. The zero-order valence-corrected chi connectivity index (χ0v) is 13.5. The molecule has 7 heteroatoms. The van der Waals surface area contributed by atoms with Gasteiger partial charge in [-0.05, 0) is 43.8 Å². The summed E-state index contributed by atoms with van der Waals surface area (Å²) in [6, 6.07) is 4.58. The van der Waals surface area contributed by atoms with Crippen molar-refractivity contribution in [3.8, 4) is 11.5 Å². The Labute approximate surface area is 134 Å². The Kier molecular flexibility index (Phi) is 4.87. The number of amides is 1. The molecule has 0 aromatic heterocycles. The Morgan fingerprint density at radius 3 is 2.86 bits per heavy atom. The second-order valence-electron chi connectivity index (χ2n) is 4.81. The van der Waals surface area contributed by atoms with Crippen molar-refractivity contribution in [3.63, 3.8) is 0 Å². The van der Waals surface area contributed by atoms with E-state index in [1.54, 1.807) is 32.2 Å². The molecule has 0 saturated heterocycles. The van der Waals surface area contributed by atoms with Gasteiger partial charge >= 0.3 is 0 Å². The van der Waals surface area contributed by atoms with Crippen LogP contribution < -0.4 is 20.7 Å². The molecule has 1 atom stereocenters. The molecular weight excluding hydrogens is 302 g/mol. The van der Waals surface area contributed by atoms with Crippen LogP contribution in [0, 0.1) is 0 Å². The molecule has 22 heavy (non-hydrogen) atoms. The van der Waals surface area contributed by atoms with Crippen LogP contribution in [0.1, 0.15) is 25.5 Å². The molecular formula is C15H19N3O3S. The lowest BCUT2D eigenvalue weighted by atomic mass is 9.94. The average molecular weight is 321 g/mol. The summed E-state index contributed by atoms with van der Waals surface area (Å²) in [5, 5.41) is 18.9. The van der Waals surface area contributed by atoms with Crippen LogP contribution in [0.25, 0.3) is 0 Å². The third kappa shape index (κ3) is 3.14. The zero-order chi connectivity index (χ0) is 16.3. The van der Waals surface area contributed by atoms with Crippen LogP contribution >= 0.6 is 12.2 Å². The van der Waals surface area contributed by atoms with Crippen LogP contribution in [0.2, 0.25) is 0 Å². The minimum atomic E-state index is -0.409. The van der Waals surface area contributed by atoms with Crippen molar-refractivity contribution in [2.45, 2.75) is 19.9 Å². The molecule has 1 amide bonds. The highest BCUT2D eigenvalue weighted by atomic mass is 32.1. The minimum Gasteiger partial charge on any atom is -0.504 e. The fourth-order valence-electron chi connectivity index (χ4n) is 2.36. The van der Waals surface area contributed by atoms with Gasteiger partial charge in [0.05, 0.1) is 18.2 Å². The Hall–Kier alpha value is -2.28. The Balaban J connectivity index is 2.48. The van der Waals surface area contributed by atoms with E-state index in [0.717, 1.165) is 5.56 Å². The molecule has 1 heterocycles. The molecule has 2 rings (SSSR count). The highest BCUT2D eigenvalue weighted by Crippen LogP contribution is 2.33. The maximum absolute atomic E-state index is 12.2. The molecule has 1 aromatic carbocycles. The summed E-state index contributed by atoms with van der Waals surface area (Å²) in [7, 11) is 1.58. The van der Waals surface area contributed by atoms with Crippen LogP contribution in [0.3, 0.4) is 0 Å². The standard InChI is InChI=1S/C15H19N3O3S/c1-4-21-11-7-9(5-6-10(11)19)13-12(14(20)16-3)8(2)17-15(22)18-13/h5-7,13,19H,4H2,1-3H3,(H,16,20)(H2,17,18,22)/t13-/m1/s1. The number of aromatic hydroxyl groups is 1. The predicted molar refractivity (Wildman–Crippen MR) is 87.7 cm³/mol. The van der Waals surface area contributed by atoms with Crippen molar-refractivity contribution in [1.82, 2.24) is 16.0 Å². The van der Waals surface area contributed by atoms with Crippen molar-refractivity contribution < 1.29 is 14.6 Å². The van der Waals surface area contributed by atoms with Crippen LogP contribution in [0.15, 0.2) is 29.5 Å². The second-order valence-corrected chi connectivity index (χ2v) is 5.22. The van der Waals surface area contributed by atoms with Gasteiger partial charge in [0.1, 0.15) is 0 Å². The first-order valence-electron chi connectivity index (χ1n) is 6.94. The topological polar surface area (TPSA) is 82.6 Å². The van der Waals surface area contributed by atoms with E-state index in [-0.39, 0.29) is 11.7 Å². The van der Waals surface area contributed by atoms with Crippen molar-refractivity contribution in [2.24, 2.45) is 0 Å². The normalized spacial score (nSPS) is 17.6.